The zero-order valence-electron chi connectivity index (χ0n) is 15.2. The van der Waals surface area contributed by atoms with Gasteiger partial charge >= 0.3 is 0 Å². The van der Waals surface area contributed by atoms with E-state index in [1.54, 1.807) is 0 Å². The molecule has 0 saturated heterocycles. The fourth-order valence-corrected chi connectivity index (χ4v) is 2.76. The van der Waals surface area contributed by atoms with Gasteiger partial charge in [-0.15, -0.1) is 10.2 Å². The third kappa shape index (κ3) is 4.33. The number of nitrogens with zero attached hydrogens (tertiary/aromatic N) is 3. The Balaban J connectivity index is 1.77. The predicted molar refractivity (Wildman–Crippen MR) is 101 cm³/mol. The van der Waals surface area contributed by atoms with Crippen molar-refractivity contribution in [3.8, 4) is 0 Å². The van der Waals surface area contributed by atoms with Gasteiger partial charge in [-0.25, -0.2) is 0 Å². The number of nitrogens with one attached hydrogen (secondary N) is 2. The molecule has 2 aromatic carbocycles. The lowest BCUT2D eigenvalue weighted by Gasteiger charge is -2.14. The van der Waals surface area contributed by atoms with E-state index in [1.165, 1.54) is 11.1 Å². The van der Waals surface area contributed by atoms with Gasteiger partial charge in [0.25, 0.3) is 0 Å². The van der Waals surface area contributed by atoms with Gasteiger partial charge in [0.1, 0.15) is 5.92 Å². The largest absolute Gasteiger partial charge is 0.325 e. The van der Waals surface area contributed by atoms with E-state index in [0.29, 0.717) is 18.2 Å². The lowest BCUT2D eigenvalue weighted by molar-refractivity contribution is -0.117. The Hall–Kier alpha value is -3.02. The SMILES string of the molecule is Cc1ccc(C[C@@H](C(=O)Nc2ccc(C(C)C)cc2)c2nn[nH]n2)cc1. The molecule has 1 aromatic heterocycles. The van der Waals surface area contributed by atoms with Gasteiger partial charge < -0.3 is 5.32 Å². The van der Waals surface area contributed by atoms with Crippen molar-refractivity contribution >= 4 is 11.6 Å². The second-order valence-electron chi connectivity index (χ2n) is 6.78. The highest BCUT2D eigenvalue weighted by atomic mass is 16.1. The molecule has 6 nitrogen and oxygen atoms in total. The topological polar surface area (TPSA) is 83.6 Å². The van der Waals surface area contributed by atoms with Gasteiger partial charge in [0.05, 0.1) is 0 Å². The Morgan fingerprint density at radius 1 is 1.08 bits per heavy atom. The smallest absolute Gasteiger partial charge is 0.235 e. The minimum atomic E-state index is -0.513. The van der Waals surface area contributed by atoms with E-state index < -0.39 is 5.92 Å². The zero-order chi connectivity index (χ0) is 18.5. The van der Waals surface area contributed by atoms with Crippen LogP contribution in [0.15, 0.2) is 48.5 Å². The molecular formula is C20H23N5O. The summed E-state index contributed by atoms with van der Waals surface area (Å²) in [5.74, 6) is 0.181. The summed E-state index contributed by atoms with van der Waals surface area (Å²) in [6, 6.07) is 16.0. The predicted octanol–water partition coefficient (Wildman–Crippen LogP) is 3.60. The number of rotatable bonds is 6. The van der Waals surface area contributed by atoms with E-state index in [-0.39, 0.29) is 5.91 Å². The highest BCUT2D eigenvalue weighted by molar-refractivity contribution is 5.95. The monoisotopic (exact) mass is 349 g/mol. The summed E-state index contributed by atoms with van der Waals surface area (Å²) in [6.45, 7) is 6.32. The molecule has 1 atom stereocenters. The maximum atomic E-state index is 12.9. The van der Waals surface area contributed by atoms with Crippen molar-refractivity contribution in [1.82, 2.24) is 20.6 Å². The summed E-state index contributed by atoms with van der Waals surface area (Å²) in [5, 5.41) is 17.0. The quantitative estimate of drug-likeness (QED) is 0.712. The van der Waals surface area contributed by atoms with E-state index in [4.69, 9.17) is 0 Å². The summed E-state index contributed by atoms with van der Waals surface area (Å²) >= 11 is 0. The Morgan fingerprint density at radius 3 is 2.35 bits per heavy atom. The molecule has 0 unspecified atom stereocenters. The molecule has 1 heterocycles. The lowest BCUT2D eigenvalue weighted by Crippen LogP contribution is -2.24. The molecule has 2 N–H and O–H groups in total. The third-order valence-corrected chi connectivity index (χ3v) is 4.40. The Kier molecular flexibility index (Phi) is 5.41. The first-order valence-corrected chi connectivity index (χ1v) is 8.72. The van der Waals surface area contributed by atoms with Gasteiger partial charge in [-0.2, -0.15) is 5.21 Å². The van der Waals surface area contributed by atoms with Crippen LogP contribution in [0.3, 0.4) is 0 Å². The van der Waals surface area contributed by atoms with Crippen LogP contribution in [0.5, 0.6) is 0 Å². The standard InChI is InChI=1S/C20H23N5O/c1-13(2)16-8-10-17(11-9-16)21-20(26)18(19-22-24-25-23-19)12-15-6-4-14(3)5-7-15/h4-11,13,18H,12H2,1-3H3,(H,21,26)(H,22,23,24,25)/t18-/m1/s1. The molecule has 0 spiro atoms. The van der Waals surface area contributed by atoms with Gasteiger partial charge in [-0.05, 0) is 42.5 Å². The maximum Gasteiger partial charge on any atom is 0.235 e. The summed E-state index contributed by atoms with van der Waals surface area (Å²) < 4.78 is 0. The fourth-order valence-electron chi connectivity index (χ4n) is 2.76. The van der Waals surface area contributed by atoms with Crippen LogP contribution in [-0.2, 0) is 11.2 Å². The molecule has 0 fully saturated rings. The maximum absolute atomic E-state index is 12.9. The van der Waals surface area contributed by atoms with Crippen molar-refractivity contribution < 1.29 is 4.79 Å². The van der Waals surface area contributed by atoms with Crippen LogP contribution in [0.1, 0.15) is 48.2 Å². The Bertz CT molecular complexity index is 839. The van der Waals surface area contributed by atoms with Gasteiger partial charge in [0.2, 0.25) is 5.91 Å². The van der Waals surface area contributed by atoms with Gasteiger partial charge in [0.15, 0.2) is 5.82 Å². The van der Waals surface area contributed by atoms with Crippen LogP contribution in [0, 0.1) is 6.92 Å². The number of hydrogen-bond donors (Lipinski definition) is 2. The number of tetrazole rings is 1. The van der Waals surface area contributed by atoms with Crippen molar-refractivity contribution in [2.24, 2.45) is 0 Å². The molecule has 26 heavy (non-hydrogen) atoms. The molecule has 0 aliphatic carbocycles. The highest BCUT2D eigenvalue weighted by Crippen LogP contribution is 2.22. The van der Waals surface area contributed by atoms with Crippen molar-refractivity contribution in [1.29, 1.82) is 0 Å². The zero-order valence-corrected chi connectivity index (χ0v) is 15.2. The van der Waals surface area contributed by atoms with Crippen molar-refractivity contribution in [3.05, 3.63) is 71.0 Å². The number of amides is 1. The molecule has 3 rings (SSSR count). The van der Waals surface area contributed by atoms with Crippen LogP contribution in [0.4, 0.5) is 5.69 Å². The molecule has 0 aliphatic heterocycles. The van der Waals surface area contributed by atoms with E-state index in [0.717, 1.165) is 11.3 Å². The van der Waals surface area contributed by atoms with Crippen LogP contribution in [0.2, 0.25) is 0 Å². The molecular weight excluding hydrogens is 326 g/mol. The highest BCUT2D eigenvalue weighted by Gasteiger charge is 2.25. The van der Waals surface area contributed by atoms with Gasteiger partial charge in [-0.3, -0.25) is 4.79 Å². The first-order chi connectivity index (χ1) is 12.5. The average Bonchev–Trinajstić information content (AvgIpc) is 3.16. The minimum Gasteiger partial charge on any atom is -0.325 e. The molecule has 134 valence electrons. The number of anilines is 1. The van der Waals surface area contributed by atoms with Gasteiger partial charge in [-0.1, -0.05) is 61.0 Å². The van der Waals surface area contributed by atoms with E-state index in [2.05, 4.69) is 39.8 Å². The van der Waals surface area contributed by atoms with Crippen LogP contribution in [0.25, 0.3) is 0 Å². The Morgan fingerprint density at radius 2 is 1.77 bits per heavy atom. The lowest BCUT2D eigenvalue weighted by atomic mass is 9.97. The minimum absolute atomic E-state index is 0.149. The normalized spacial score (nSPS) is 12.2. The summed E-state index contributed by atoms with van der Waals surface area (Å²) in [5.41, 5.74) is 4.23. The summed E-state index contributed by atoms with van der Waals surface area (Å²) in [7, 11) is 0. The number of hydrogen-bond acceptors (Lipinski definition) is 4. The molecule has 6 heteroatoms. The fraction of sp³-hybridized carbons (Fsp3) is 0.300. The first-order valence-electron chi connectivity index (χ1n) is 8.72. The number of benzene rings is 2. The number of H-pyrrole nitrogens is 1. The number of carbonyl (C=O) groups is 1. The van der Waals surface area contributed by atoms with Gasteiger partial charge in [0, 0.05) is 5.69 Å². The number of carbonyl (C=O) groups excluding carboxylic acids is 1. The second-order valence-corrected chi connectivity index (χ2v) is 6.78. The number of aromatic amines is 1. The molecule has 0 aliphatic rings. The number of aromatic nitrogens is 4. The third-order valence-electron chi connectivity index (χ3n) is 4.40. The molecule has 0 bridgehead atoms. The van der Waals surface area contributed by atoms with Crippen LogP contribution in [-0.4, -0.2) is 26.5 Å². The molecule has 0 radical (unpaired) electrons. The molecule has 0 saturated carbocycles. The van der Waals surface area contributed by atoms with Crippen molar-refractivity contribution in [2.45, 2.75) is 39.0 Å². The van der Waals surface area contributed by atoms with E-state index in [1.807, 2.05) is 55.5 Å². The average molecular weight is 349 g/mol. The molecule has 3 aromatic rings. The number of aryl methyl sites for hydroxylation is 1. The van der Waals surface area contributed by atoms with E-state index >= 15 is 0 Å². The summed E-state index contributed by atoms with van der Waals surface area (Å²) in [6.07, 6.45) is 0.510. The first kappa shape index (κ1) is 17.8. The van der Waals surface area contributed by atoms with Crippen molar-refractivity contribution in [3.63, 3.8) is 0 Å². The van der Waals surface area contributed by atoms with Crippen LogP contribution < -0.4 is 5.32 Å². The molecule has 1 amide bonds. The Labute approximate surface area is 153 Å². The van der Waals surface area contributed by atoms with Crippen LogP contribution >= 0.6 is 0 Å². The van der Waals surface area contributed by atoms with Crippen molar-refractivity contribution in [2.75, 3.05) is 5.32 Å². The van der Waals surface area contributed by atoms with E-state index in [9.17, 15) is 4.79 Å². The second kappa shape index (κ2) is 7.91. The summed E-state index contributed by atoms with van der Waals surface area (Å²) in [4.78, 5) is 12.9.